The maximum atomic E-state index is 11.5. The van der Waals surface area contributed by atoms with Crippen LogP contribution in [0.4, 0.5) is 0 Å². The van der Waals surface area contributed by atoms with E-state index in [1.54, 1.807) is 30.6 Å². The third-order valence-electron chi connectivity index (χ3n) is 3.26. The summed E-state index contributed by atoms with van der Waals surface area (Å²) in [5.74, 6) is 2.42. The topological polar surface area (TPSA) is 97.4 Å². The Morgan fingerprint density at radius 3 is 1.55 bits per heavy atom. The monoisotopic (exact) mass is 454 g/mol. The summed E-state index contributed by atoms with van der Waals surface area (Å²) in [6.07, 6.45) is 1.83. The minimum Gasteiger partial charge on any atom is -0.463 e. The Hall–Kier alpha value is -0.970. The molecule has 0 N–H and O–H groups in total. The van der Waals surface area contributed by atoms with Gasteiger partial charge in [0.25, 0.3) is 0 Å². The predicted molar refractivity (Wildman–Crippen MR) is 114 cm³/mol. The number of carbonyl (C=O) groups is 3. The molecular weight excluding hydrogens is 420 g/mol. The maximum absolute atomic E-state index is 11.5. The summed E-state index contributed by atoms with van der Waals surface area (Å²) in [7, 11) is 1.60. The molecule has 0 heterocycles. The molecule has 8 nitrogen and oxygen atoms in total. The van der Waals surface area contributed by atoms with Crippen molar-refractivity contribution in [1.29, 1.82) is 0 Å². The van der Waals surface area contributed by atoms with E-state index in [1.807, 2.05) is 6.92 Å². The van der Waals surface area contributed by atoms with E-state index in [2.05, 4.69) is 0 Å². The van der Waals surface area contributed by atoms with Crippen molar-refractivity contribution >= 4 is 41.4 Å². The van der Waals surface area contributed by atoms with Gasteiger partial charge in [-0.1, -0.05) is 6.92 Å². The fourth-order valence-electron chi connectivity index (χ4n) is 1.82. The van der Waals surface area contributed by atoms with Crippen LogP contribution in [0.25, 0.3) is 0 Å². The van der Waals surface area contributed by atoms with Crippen molar-refractivity contribution in [2.75, 3.05) is 69.8 Å². The molecule has 29 heavy (non-hydrogen) atoms. The van der Waals surface area contributed by atoms with Gasteiger partial charge in [-0.3, -0.25) is 14.4 Å². The van der Waals surface area contributed by atoms with E-state index in [-0.39, 0.29) is 37.7 Å². The van der Waals surface area contributed by atoms with Gasteiger partial charge in [-0.15, -0.1) is 0 Å². The Morgan fingerprint density at radius 1 is 0.621 bits per heavy atom. The number of hydrogen-bond acceptors (Lipinski definition) is 10. The quantitative estimate of drug-likeness (QED) is 0.155. The van der Waals surface area contributed by atoms with E-state index in [4.69, 9.17) is 23.7 Å². The van der Waals surface area contributed by atoms with Crippen LogP contribution in [0.5, 0.6) is 0 Å². The molecule has 0 aromatic heterocycles. The zero-order valence-electron chi connectivity index (χ0n) is 17.5. The van der Waals surface area contributed by atoms with Crippen molar-refractivity contribution in [3.05, 3.63) is 0 Å². The third kappa shape index (κ3) is 21.6. The van der Waals surface area contributed by atoms with Crippen LogP contribution in [0.2, 0.25) is 0 Å². The molecule has 0 amide bonds. The first-order chi connectivity index (χ1) is 14.1. The maximum Gasteiger partial charge on any atom is 0.306 e. The van der Waals surface area contributed by atoms with Crippen molar-refractivity contribution in [3.8, 4) is 0 Å². The predicted octanol–water partition coefficient (Wildman–Crippen LogP) is 2.33. The number of carbonyl (C=O) groups excluding carboxylic acids is 3. The molecule has 0 unspecified atom stereocenters. The van der Waals surface area contributed by atoms with Crippen LogP contribution in [0.15, 0.2) is 0 Å². The lowest BCUT2D eigenvalue weighted by Gasteiger charge is -2.06. The zero-order valence-corrected chi connectivity index (χ0v) is 19.1. The van der Waals surface area contributed by atoms with Crippen molar-refractivity contribution in [2.45, 2.75) is 32.6 Å². The summed E-state index contributed by atoms with van der Waals surface area (Å²) in [6.45, 7) is 3.77. The van der Waals surface area contributed by atoms with Gasteiger partial charge < -0.3 is 23.7 Å². The van der Waals surface area contributed by atoms with Crippen molar-refractivity contribution in [2.24, 2.45) is 0 Å². The summed E-state index contributed by atoms with van der Waals surface area (Å²) in [5.41, 5.74) is 0. The third-order valence-corrected chi connectivity index (χ3v) is 5.49. The van der Waals surface area contributed by atoms with Gasteiger partial charge in [-0.05, 0) is 6.42 Å². The lowest BCUT2D eigenvalue weighted by molar-refractivity contribution is -0.152. The lowest BCUT2D eigenvalue weighted by atomic mass is 10.3. The molecule has 0 saturated carbocycles. The molecule has 0 aromatic rings. The Balaban J connectivity index is 3.32. The minimum atomic E-state index is -0.286. The van der Waals surface area contributed by atoms with E-state index in [1.165, 1.54) is 0 Å². The smallest absolute Gasteiger partial charge is 0.306 e. The molecule has 0 spiro atoms. The van der Waals surface area contributed by atoms with Crippen LogP contribution in [0.3, 0.4) is 0 Å². The number of thioether (sulfide) groups is 2. The fourth-order valence-corrected chi connectivity index (χ4v) is 3.80. The molecule has 0 aliphatic rings. The second-order valence-electron chi connectivity index (χ2n) is 5.74. The summed E-state index contributed by atoms with van der Waals surface area (Å²) in [5, 5.41) is 0. The first-order valence-corrected chi connectivity index (χ1v) is 12.1. The molecule has 170 valence electrons. The highest BCUT2D eigenvalue weighted by molar-refractivity contribution is 8.02. The highest BCUT2D eigenvalue weighted by atomic mass is 32.2. The van der Waals surface area contributed by atoms with E-state index >= 15 is 0 Å². The molecule has 0 rings (SSSR count). The van der Waals surface area contributed by atoms with Gasteiger partial charge in [0.1, 0.15) is 19.8 Å². The van der Waals surface area contributed by atoms with Crippen LogP contribution in [-0.4, -0.2) is 87.7 Å². The molecular formula is C19H34O8S2. The number of ether oxygens (including phenoxy) is 5. The molecule has 0 saturated heterocycles. The van der Waals surface area contributed by atoms with E-state index in [0.29, 0.717) is 50.6 Å². The zero-order chi connectivity index (χ0) is 21.6. The Bertz CT molecular complexity index is 434. The first-order valence-electron chi connectivity index (χ1n) is 9.79. The summed E-state index contributed by atoms with van der Waals surface area (Å²) >= 11 is 3.34. The second-order valence-corrected chi connectivity index (χ2v) is 8.19. The molecule has 0 bridgehead atoms. The lowest BCUT2D eigenvalue weighted by Crippen LogP contribution is -2.14. The van der Waals surface area contributed by atoms with Crippen LogP contribution < -0.4 is 0 Å². The standard InChI is InChI=1S/C19H34O8S2/c1-3-4-17(20)26-11-12-27-19(22)6-14-29-16-15-28-13-5-18(21)25-10-9-24-8-7-23-2/h3-16H2,1-2H3. The number of hydrogen-bond donors (Lipinski definition) is 0. The van der Waals surface area contributed by atoms with Crippen LogP contribution in [0.1, 0.15) is 32.6 Å². The molecule has 0 aliphatic carbocycles. The largest absolute Gasteiger partial charge is 0.463 e. The first kappa shape index (κ1) is 28.0. The van der Waals surface area contributed by atoms with Gasteiger partial charge in [-0.25, -0.2) is 0 Å². The summed E-state index contributed by atoms with van der Waals surface area (Å²) in [4.78, 5) is 34.2. The molecule has 10 heteroatoms. The molecule has 0 aliphatic heterocycles. The van der Waals surface area contributed by atoms with Crippen molar-refractivity contribution < 1.29 is 38.1 Å². The average molecular weight is 455 g/mol. The average Bonchev–Trinajstić information content (AvgIpc) is 2.70. The normalized spacial score (nSPS) is 10.6. The van der Waals surface area contributed by atoms with Crippen LogP contribution in [-0.2, 0) is 38.1 Å². The van der Waals surface area contributed by atoms with Gasteiger partial charge in [0, 0.05) is 36.5 Å². The Morgan fingerprint density at radius 2 is 1.07 bits per heavy atom. The summed E-state index contributed by atoms with van der Waals surface area (Å²) < 4.78 is 25.0. The summed E-state index contributed by atoms with van der Waals surface area (Å²) in [6, 6.07) is 0. The van der Waals surface area contributed by atoms with E-state index in [0.717, 1.165) is 17.9 Å². The Kier molecular flexibility index (Phi) is 21.0. The van der Waals surface area contributed by atoms with Crippen LogP contribution in [0, 0.1) is 0 Å². The van der Waals surface area contributed by atoms with Gasteiger partial charge in [0.05, 0.1) is 32.7 Å². The Labute approximate surface area is 182 Å². The number of rotatable bonds is 20. The van der Waals surface area contributed by atoms with Gasteiger partial charge in [0.15, 0.2) is 0 Å². The molecule has 0 fully saturated rings. The van der Waals surface area contributed by atoms with E-state index in [9.17, 15) is 14.4 Å². The van der Waals surface area contributed by atoms with Gasteiger partial charge in [-0.2, -0.15) is 23.5 Å². The van der Waals surface area contributed by atoms with Crippen molar-refractivity contribution in [1.82, 2.24) is 0 Å². The van der Waals surface area contributed by atoms with E-state index < -0.39 is 0 Å². The molecule has 0 atom stereocenters. The van der Waals surface area contributed by atoms with Crippen molar-refractivity contribution in [3.63, 3.8) is 0 Å². The highest BCUT2D eigenvalue weighted by Gasteiger charge is 2.05. The minimum absolute atomic E-state index is 0.101. The highest BCUT2D eigenvalue weighted by Crippen LogP contribution is 2.10. The number of methoxy groups -OCH3 is 1. The molecule has 0 radical (unpaired) electrons. The number of esters is 3. The fraction of sp³-hybridized carbons (Fsp3) is 0.842. The van der Waals surface area contributed by atoms with Gasteiger partial charge >= 0.3 is 17.9 Å². The van der Waals surface area contributed by atoms with Gasteiger partial charge in [0.2, 0.25) is 0 Å². The van der Waals surface area contributed by atoms with Crippen LogP contribution >= 0.6 is 23.5 Å². The second kappa shape index (κ2) is 21.7. The SMILES string of the molecule is CCCC(=O)OCCOC(=O)CCSCCSCCC(=O)OCCOCCOC. The molecule has 0 aromatic carbocycles.